The Hall–Kier alpha value is -2.41. The van der Waals surface area contributed by atoms with E-state index in [2.05, 4.69) is 15.0 Å². The molecule has 7 heteroatoms. The first-order valence-corrected chi connectivity index (χ1v) is 7.73. The topological polar surface area (TPSA) is 86.2 Å². The number of anilines is 1. The summed E-state index contributed by atoms with van der Waals surface area (Å²) in [5, 5.41) is 0.587. The first-order valence-electron chi connectivity index (χ1n) is 6.75. The molecule has 112 valence electrons. The Kier molecular flexibility index (Phi) is 3.81. The van der Waals surface area contributed by atoms with E-state index in [-0.39, 0.29) is 5.56 Å². The van der Waals surface area contributed by atoms with Crippen molar-refractivity contribution in [1.29, 1.82) is 0 Å². The first kappa shape index (κ1) is 14.5. The van der Waals surface area contributed by atoms with Gasteiger partial charge in [-0.05, 0) is 25.5 Å². The van der Waals surface area contributed by atoms with Crippen LogP contribution in [0.15, 0.2) is 40.4 Å². The molecule has 0 spiro atoms. The third-order valence-electron chi connectivity index (χ3n) is 3.14. The summed E-state index contributed by atoms with van der Waals surface area (Å²) < 4.78 is 1.55. The highest BCUT2D eigenvalue weighted by Gasteiger charge is 2.07. The highest BCUT2D eigenvalue weighted by molar-refractivity contribution is 7.98. The maximum Gasteiger partial charge on any atom is 0.258 e. The number of nitrogens with zero attached hydrogens (tertiary/aromatic N) is 4. The molecule has 0 amide bonds. The summed E-state index contributed by atoms with van der Waals surface area (Å²) in [6.45, 7) is 3.80. The van der Waals surface area contributed by atoms with Crippen LogP contribution in [0.5, 0.6) is 0 Å². The van der Waals surface area contributed by atoms with Crippen molar-refractivity contribution in [2.75, 3.05) is 5.73 Å². The molecule has 0 aliphatic heterocycles. The molecule has 3 heterocycles. The molecule has 0 saturated carbocycles. The first-order chi connectivity index (χ1) is 10.5. The molecule has 3 aromatic heterocycles. The van der Waals surface area contributed by atoms with Crippen LogP contribution in [0, 0.1) is 13.8 Å². The molecule has 22 heavy (non-hydrogen) atoms. The van der Waals surface area contributed by atoms with Gasteiger partial charge in [-0.25, -0.2) is 15.0 Å². The van der Waals surface area contributed by atoms with Crippen molar-refractivity contribution in [2.24, 2.45) is 0 Å². The molecule has 2 N–H and O–H groups in total. The summed E-state index contributed by atoms with van der Waals surface area (Å²) >= 11 is 1.41. The molecule has 0 aromatic carbocycles. The van der Waals surface area contributed by atoms with Crippen LogP contribution >= 0.6 is 11.8 Å². The van der Waals surface area contributed by atoms with Gasteiger partial charge >= 0.3 is 0 Å². The number of aromatic nitrogens is 4. The summed E-state index contributed by atoms with van der Waals surface area (Å²) in [7, 11) is 0. The molecule has 0 aliphatic carbocycles. The van der Waals surface area contributed by atoms with Gasteiger partial charge < -0.3 is 5.73 Å². The van der Waals surface area contributed by atoms with Gasteiger partial charge in [-0.2, -0.15) is 0 Å². The highest BCUT2D eigenvalue weighted by atomic mass is 32.2. The molecular formula is C15H15N5OS. The van der Waals surface area contributed by atoms with Gasteiger partial charge in [0.2, 0.25) is 0 Å². The highest BCUT2D eigenvalue weighted by Crippen LogP contribution is 2.19. The number of pyridine rings is 1. The number of thioether (sulfide) groups is 1. The zero-order valence-electron chi connectivity index (χ0n) is 12.3. The van der Waals surface area contributed by atoms with Crippen molar-refractivity contribution in [3.8, 4) is 0 Å². The Labute approximate surface area is 131 Å². The SMILES string of the molecule is Cc1cc(N)nc(SCc2cc(=O)n3cccc(C)c3n2)n1. The van der Waals surface area contributed by atoms with Crippen LogP contribution in [-0.2, 0) is 5.75 Å². The van der Waals surface area contributed by atoms with Gasteiger partial charge in [0.25, 0.3) is 5.56 Å². The Morgan fingerprint density at radius 1 is 1.23 bits per heavy atom. The molecule has 0 unspecified atom stereocenters. The molecule has 0 saturated heterocycles. The molecule has 0 aliphatic rings. The second-order valence-electron chi connectivity index (χ2n) is 4.98. The van der Waals surface area contributed by atoms with Crippen molar-refractivity contribution < 1.29 is 0 Å². The molecule has 0 radical (unpaired) electrons. The van der Waals surface area contributed by atoms with Crippen molar-refractivity contribution in [1.82, 2.24) is 19.4 Å². The van der Waals surface area contributed by atoms with Gasteiger partial charge in [-0.1, -0.05) is 17.8 Å². The zero-order chi connectivity index (χ0) is 15.7. The van der Waals surface area contributed by atoms with E-state index >= 15 is 0 Å². The Balaban J connectivity index is 1.91. The van der Waals surface area contributed by atoms with Gasteiger partial charge in [0.05, 0.1) is 5.69 Å². The minimum absolute atomic E-state index is 0.0889. The Morgan fingerprint density at radius 3 is 2.82 bits per heavy atom. The molecular weight excluding hydrogens is 298 g/mol. The molecule has 3 rings (SSSR count). The summed E-state index contributed by atoms with van der Waals surface area (Å²) in [5.41, 5.74) is 8.78. The third-order valence-corrected chi connectivity index (χ3v) is 4.02. The number of hydrogen-bond acceptors (Lipinski definition) is 6. The quantitative estimate of drug-likeness (QED) is 0.588. The van der Waals surface area contributed by atoms with E-state index in [1.807, 2.05) is 26.0 Å². The van der Waals surface area contributed by atoms with Gasteiger partial charge in [0.15, 0.2) is 5.16 Å². The van der Waals surface area contributed by atoms with E-state index in [9.17, 15) is 4.79 Å². The van der Waals surface area contributed by atoms with Crippen LogP contribution in [0.1, 0.15) is 17.0 Å². The minimum atomic E-state index is -0.0889. The van der Waals surface area contributed by atoms with Crippen LogP contribution in [-0.4, -0.2) is 19.4 Å². The summed E-state index contributed by atoms with van der Waals surface area (Å²) in [5.74, 6) is 0.959. The van der Waals surface area contributed by atoms with Gasteiger partial charge in [0, 0.05) is 29.8 Å². The van der Waals surface area contributed by atoms with Crippen LogP contribution < -0.4 is 11.3 Å². The van der Waals surface area contributed by atoms with Crippen LogP contribution in [0.4, 0.5) is 5.82 Å². The lowest BCUT2D eigenvalue weighted by atomic mass is 10.3. The minimum Gasteiger partial charge on any atom is -0.384 e. The number of nitrogens with two attached hydrogens (primary N) is 1. The predicted molar refractivity (Wildman–Crippen MR) is 86.9 cm³/mol. The Morgan fingerprint density at radius 2 is 2.05 bits per heavy atom. The van der Waals surface area contributed by atoms with E-state index in [0.29, 0.717) is 28.1 Å². The zero-order valence-corrected chi connectivity index (χ0v) is 13.1. The second kappa shape index (κ2) is 5.76. The summed E-state index contributed by atoms with van der Waals surface area (Å²) in [6.07, 6.45) is 1.72. The van der Waals surface area contributed by atoms with E-state index in [1.165, 1.54) is 11.8 Å². The van der Waals surface area contributed by atoms with Crippen molar-refractivity contribution in [3.05, 3.63) is 57.8 Å². The standard InChI is InChI=1S/C15H15N5OS/c1-9-4-3-5-20-13(21)7-11(18-14(9)20)8-22-15-17-10(2)6-12(16)19-15/h3-7H,8H2,1-2H3,(H2,16,17,19). The molecule has 0 atom stereocenters. The number of aryl methyl sites for hydroxylation is 2. The summed E-state index contributed by atoms with van der Waals surface area (Å²) in [4.78, 5) is 25.2. The average Bonchev–Trinajstić information content (AvgIpc) is 2.45. The third kappa shape index (κ3) is 2.94. The lowest BCUT2D eigenvalue weighted by molar-refractivity contribution is 0.937. The largest absolute Gasteiger partial charge is 0.384 e. The smallest absolute Gasteiger partial charge is 0.258 e. The predicted octanol–water partition coefficient (Wildman–Crippen LogP) is 1.98. The second-order valence-corrected chi connectivity index (χ2v) is 5.92. The summed E-state index contributed by atoms with van der Waals surface area (Å²) in [6, 6.07) is 7.03. The fourth-order valence-corrected chi connectivity index (χ4v) is 2.95. The molecule has 0 fully saturated rings. The van der Waals surface area contributed by atoms with E-state index < -0.39 is 0 Å². The van der Waals surface area contributed by atoms with E-state index in [1.54, 1.807) is 22.7 Å². The number of hydrogen-bond donors (Lipinski definition) is 1. The van der Waals surface area contributed by atoms with Gasteiger partial charge in [0.1, 0.15) is 11.5 Å². The Bertz CT molecular complexity index is 886. The van der Waals surface area contributed by atoms with Gasteiger partial charge in [-0.15, -0.1) is 0 Å². The fraction of sp³-hybridized carbons (Fsp3) is 0.200. The maximum atomic E-state index is 12.1. The van der Waals surface area contributed by atoms with E-state index in [0.717, 1.165) is 11.3 Å². The normalized spacial score (nSPS) is 11.0. The number of nitrogen functional groups attached to an aromatic ring is 1. The van der Waals surface area contributed by atoms with Crippen LogP contribution in [0.25, 0.3) is 5.65 Å². The van der Waals surface area contributed by atoms with Crippen molar-refractivity contribution in [3.63, 3.8) is 0 Å². The lowest BCUT2D eigenvalue weighted by Crippen LogP contribution is -2.15. The van der Waals surface area contributed by atoms with E-state index in [4.69, 9.17) is 5.73 Å². The van der Waals surface area contributed by atoms with Crippen LogP contribution in [0.2, 0.25) is 0 Å². The monoisotopic (exact) mass is 313 g/mol. The fourth-order valence-electron chi connectivity index (χ4n) is 2.15. The van der Waals surface area contributed by atoms with Gasteiger partial charge in [-0.3, -0.25) is 9.20 Å². The van der Waals surface area contributed by atoms with Crippen molar-refractivity contribution in [2.45, 2.75) is 24.8 Å². The van der Waals surface area contributed by atoms with Crippen molar-refractivity contribution >= 4 is 23.2 Å². The number of rotatable bonds is 3. The lowest BCUT2D eigenvalue weighted by Gasteiger charge is -2.06. The maximum absolute atomic E-state index is 12.1. The molecule has 6 nitrogen and oxygen atoms in total. The number of fused-ring (bicyclic) bond motifs is 1. The molecule has 3 aromatic rings. The van der Waals surface area contributed by atoms with Crippen LogP contribution in [0.3, 0.4) is 0 Å². The average molecular weight is 313 g/mol. The molecule has 0 bridgehead atoms.